The molecule has 230 valence electrons. The molecule has 6 nitrogen and oxygen atoms in total. The fraction of sp³-hybridized carbons (Fsp3) is 0. The molecule has 2 aromatic heterocycles. The number of rotatable bonds is 5. The minimum Gasteiger partial charge on any atom is -0.423 e. The van der Waals surface area contributed by atoms with Crippen LogP contribution in [0, 0.1) is 0 Å². The van der Waals surface area contributed by atoms with E-state index in [-0.39, 0.29) is 0 Å². The van der Waals surface area contributed by atoms with Crippen LogP contribution in [0.3, 0.4) is 0 Å². The molecule has 0 bridgehead atoms. The SMILES string of the molecule is Brc1ccc(-c2nc3ccccc3nc2-c2ccccc2)cc1.OB(O)c1ccc(-c2nc3ccccc3nc2-c2ccccc2)cc1. The highest BCUT2D eigenvalue weighted by Gasteiger charge is 2.16. The molecule has 0 amide bonds. The van der Waals surface area contributed by atoms with Gasteiger partial charge in [-0.1, -0.05) is 137 Å². The zero-order valence-corrected chi connectivity index (χ0v) is 27.2. The second kappa shape index (κ2) is 14.1. The van der Waals surface area contributed by atoms with E-state index in [0.29, 0.717) is 5.46 Å². The molecule has 0 fully saturated rings. The Kier molecular flexibility index (Phi) is 9.11. The number of fused-ring (bicyclic) bond motifs is 2. The van der Waals surface area contributed by atoms with Crippen LogP contribution in [0.15, 0.2) is 162 Å². The van der Waals surface area contributed by atoms with Gasteiger partial charge >= 0.3 is 7.12 Å². The highest BCUT2D eigenvalue weighted by Crippen LogP contribution is 2.32. The van der Waals surface area contributed by atoms with Gasteiger partial charge in [0.2, 0.25) is 0 Å². The Labute approximate surface area is 286 Å². The molecule has 2 N–H and O–H groups in total. The van der Waals surface area contributed by atoms with E-state index in [2.05, 4.69) is 40.2 Å². The largest absolute Gasteiger partial charge is 0.488 e. The molecule has 48 heavy (non-hydrogen) atoms. The standard InChI is InChI=1S/C20H15BN2O2.C20H13BrN2/c24-21(25)16-12-10-15(11-13-16)20-19(14-6-2-1-3-7-14)22-17-8-4-5-9-18(17)23-20;21-16-12-10-15(11-13-16)20-19(14-6-2-1-3-7-14)22-17-8-4-5-9-18(17)23-20/h1-13,24-25H;1-13H. The van der Waals surface area contributed by atoms with Crippen LogP contribution in [-0.2, 0) is 0 Å². The van der Waals surface area contributed by atoms with E-state index < -0.39 is 7.12 Å². The molecule has 0 aliphatic carbocycles. The Bertz CT molecular complexity index is 2320. The lowest BCUT2D eigenvalue weighted by molar-refractivity contribution is 0.426. The van der Waals surface area contributed by atoms with Crippen LogP contribution in [0.5, 0.6) is 0 Å². The summed E-state index contributed by atoms with van der Waals surface area (Å²) >= 11 is 3.49. The van der Waals surface area contributed by atoms with Crippen LogP contribution in [0.2, 0.25) is 0 Å². The zero-order valence-electron chi connectivity index (χ0n) is 25.6. The van der Waals surface area contributed by atoms with Crippen molar-refractivity contribution >= 4 is 50.6 Å². The van der Waals surface area contributed by atoms with Crippen molar-refractivity contribution in [3.8, 4) is 45.0 Å². The first-order chi connectivity index (χ1) is 23.5. The van der Waals surface area contributed by atoms with Crippen molar-refractivity contribution in [3.63, 3.8) is 0 Å². The molecular formula is C40H28BBrN4O2. The molecule has 0 saturated heterocycles. The molecule has 8 rings (SSSR count). The predicted octanol–water partition coefficient (Wildman–Crippen LogP) is 8.37. The molecule has 2 heterocycles. The average molecular weight is 687 g/mol. The normalized spacial score (nSPS) is 10.8. The second-order valence-corrected chi connectivity index (χ2v) is 12.0. The van der Waals surface area contributed by atoms with Crippen LogP contribution >= 0.6 is 15.9 Å². The topological polar surface area (TPSA) is 92.0 Å². The molecule has 6 aromatic carbocycles. The lowest BCUT2D eigenvalue weighted by Crippen LogP contribution is -2.29. The smallest absolute Gasteiger partial charge is 0.423 e. The summed E-state index contributed by atoms with van der Waals surface area (Å²) in [5, 5.41) is 18.6. The molecule has 0 saturated carbocycles. The van der Waals surface area contributed by atoms with E-state index in [4.69, 9.17) is 19.9 Å². The average Bonchev–Trinajstić information content (AvgIpc) is 3.15. The zero-order chi connectivity index (χ0) is 32.9. The summed E-state index contributed by atoms with van der Waals surface area (Å²) in [5.41, 5.74) is 11.3. The summed E-state index contributed by atoms with van der Waals surface area (Å²) in [7, 11) is -1.48. The summed E-state index contributed by atoms with van der Waals surface area (Å²) in [6.07, 6.45) is 0. The highest BCUT2D eigenvalue weighted by molar-refractivity contribution is 9.10. The molecule has 0 radical (unpaired) electrons. The summed E-state index contributed by atoms with van der Waals surface area (Å²) in [4.78, 5) is 19.4. The molecule has 0 atom stereocenters. The molecular weight excluding hydrogens is 659 g/mol. The quantitative estimate of drug-likeness (QED) is 0.177. The van der Waals surface area contributed by atoms with Gasteiger partial charge in [0.25, 0.3) is 0 Å². The maximum atomic E-state index is 9.29. The first kappa shape index (κ1) is 31.1. The third kappa shape index (κ3) is 6.77. The van der Waals surface area contributed by atoms with Gasteiger partial charge in [0.15, 0.2) is 0 Å². The van der Waals surface area contributed by atoms with Gasteiger partial charge in [0, 0.05) is 26.7 Å². The van der Waals surface area contributed by atoms with E-state index >= 15 is 0 Å². The first-order valence-corrected chi connectivity index (χ1v) is 16.2. The van der Waals surface area contributed by atoms with Crippen molar-refractivity contribution in [2.45, 2.75) is 0 Å². The van der Waals surface area contributed by atoms with Crippen LogP contribution in [0.4, 0.5) is 0 Å². The van der Waals surface area contributed by atoms with E-state index in [1.54, 1.807) is 12.1 Å². The van der Waals surface area contributed by atoms with Gasteiger partial charge in [-0.3, -0.25) is 0 Å². The maximum Gasteiger partial charge on any atom is 0.488 e. The summed E-state index contributed by atoms with van der Waals surface area (Å²) in [6.45, 7) is 0. The van der Waals surface area contributed by atoms with Crippen molar-refractivity contribution < 1.29 is 10.0 Å². The number of nitrogens with zero attached hydrogens (tertiary/aromatic N) is 4. The Morgan fingerprint density at radius 3 is 0.979 bits per heavy atom. The lowest BCUT2D eigenvalue weighted by atomic mass is 9.80. The maximum absolute atomic E-state index is 9.29. The van der Waals surface area contributed by atoms with Gasteiger partial charge < -0.3 is 10.0 Å². The monoisotopic (exact) mass is 686 g/mol. The van der Waals surface area contributed by atoms with Gasteiger partial charge in [-0.05, 0) is 41.9 Å². The Balaban J connectivity index is 0.000000152. The summed E-state index contributed by atoms with van der Waals surface area (Å²) < 4.78 is 1.05. The van der Waals surface area contributed by atoms with Crippen molar-refractivity contribution in [2.24, 2.45) is 0 Å². The van der Waals surface area contributed by atoms with Gasteiger partial charge in [-0.25, -0.2) is 19.9 Å². The molecule has 0 unspecified atom stereocenters. The predicted molar refractivity (Wildman–Crippen MR) is 198 cm³/mol. The molecule has 8 heteroatoms. The summed E-state index contributed by atoms with van der Waals surface area (Å²) in [6, 6.07) is 51.1. The van der Waals surface area contributed by atoms with Crippen LogP contribution in [-0.4, -0.2) is 37.1 Å². The van der Waals surface area contributed by atoms with Crippen LogP contribution in [0.25, 0.3) is 67.1 Å². The number of aromatic nitrogens is 4. The van der Waals surface area contributed by atoms with Crippen molar-refractivity contribution in [2.75, 3.05) is 0 Å². The van der Waals surface area contributed by atoms with Crippen molar-refractivity contribution in [3.05, 3.63) is 162 Å². The van der Waals surface area contributed by atoms with E-state index in [0.717, 1.165) is 71.6 Å². The van der Waals surface area contributed by atoms with Gasteiger partial charge in [0.1, 0.15) is 0 Å². The van der Waals surface area contributed by atoms with Crippen molar-refractivity contribution in [1.82, 2.24) is 19.9 Å². The number of halogens is 1. The molecule has 0 aliphatic rings. The molecule has 8 aromatic rings. The van der Waals surface area contributed by atoms with Crippen molar-refractivity contribution in [1.29, 1.82) is 0 Å². The summed E-state index contributed by atoms with van der Waals surface area (Å²) in [5.74, 6) is 0. The molecule has 0 spiro atoms. The minimum atomic E-state index is -1.48. The number of hydrogen-bond donors (Lipinski definition) is 2. The number of para-hydroxylation sites is 4. The Morgan fingerprint density at radius 1 is 0.354 bits per heavy atom. The van der Waals surface area contributed by atoms with E-state index in [1.165, 1.54) is 0 Å². The minimum absolute atomic E-state index is 0.443. The fourth-order valence-electron chi connectivity index (χ4n) is 5.42. The van der Waals surface area contributed by atoms with Gasteiger partial charge in [-0.2, -0.15) is 0 Å². The van der Waals surface area contributed by atoms with Gasteiger partial charge in [0.05, 0.1) is 44.8 Å². The highest BCUT2D eigenvalue weighted by atomic mass is 79.9. The second-order valence-electron chi connectivity index (χ2n) is 11.1. The first-order valence-electron chi connectivity index (χ1n) is 15.4. The lowest BCUT2D eigenvalue weighted by Gasteiger charge is -2.11. The van der Waals surface area contributed by atoms with Crippen LogP contribution in [0.1, 0.15) is 0 Å². The third-order valence-electron chi connectivity index (χ3n) is 7.84. The Morgan fingerprint density at radius 2 is 0.646 bits per heavy atom. The Hall–Kier alpha value is -5.54. The van der Waals surface area contributed by atoms with Crippen LogP contribution < -0.4 is 5.46 Å². The number of hydrogen-bond acceptors (Lipinski definition) is 6. The molecule has 0 aliphatic heterocycles. The van der Waals surface area contributed by atoms with Gasteiger partial charge in [-0.15, -0.1) is 0 Å². The fourth-order valence-corrected chi connectivity index (χ4v) is 5.68. The van der Waals surface area contributed by atoms with E-state index in [9.17, 15) is 10.0 Å². The third-order valence-corrected chi connectivity index (χ3v) is 8.36. The number of benzene rings is 6. The van der Waals surface area contributed by atoms with E-state index in [1.807, 2.05) is 121 Å².